The topological polar surface area (TPSA) is 71.3 Å². The summed E-state index contributed by atoms with van der Waals surface area (Å²) < 4.78 is 0. The highest BCUT2D eigenvalue weighted by Crippen LogP contribution is 2.20. The first kappa shape index (κ1) is 12.8. The van der Waals surface area contributed by atoms with Crippen LogP contribution in [-0.4, -0.2) is 41.0 Å². The van der Waals surface area contributed by atoms with Crippen molar-refractivity contribution in [2.75, 3.05) is 31.5 Å². The molecule has 18 heavy (non-hydrogen) atoms. The van der Waals surface area contributed by atoms with Crippen molar-refractivity contribution < 1.29 is 4.92 Å². The minimum atomic E-state index is -0.407. The van der Waals surface area contributed by atoms with Crippen LogP contribution in [0.2, 0.25) is 0 Å². The maximum Gasteiger partial charge on any atom is 0.311 e. The Balaban J connectivity index is 1.77. The summed E-state index contributed by atoms with van der Waals surface area (Å²) in [6.45, 7) is 4.13. The molecule has 1 aliphatic rings. The second kappa shape index (κ2) is 6.30. The number of anilines is 1. The van der Waals surface area contributed by atoms with Crippen LogP contribution < -0.4 is 5.32 Å². The van der Waals surface area contributed by atoms with Gasteiger partial charge >= 0.3 is 5.69 Å². The van der Waals surface area contributed by atoms with E-state index < -0.39 is 4.92 Å². The van der Waals surface area contributed by atoms with Crippen LogP contribution in [0.3, 0.4) is 0 Å². The molecule has 0 bridgehead atoms. The predicted molar refractivity (Wildman–Crippen MR) is 69.7 cm³/mol. The van der Waals surface area contributed by atoms with Crippen LogP contribution in [0.1, 0.15) is 19.3 Å². The molecule has 0 saturated carbocycles. The van der Waals surface area contributed by atoms with Gasteiger partial charge in [-0.05, 0) is 45.0 Å². The molecule has 1 N–H and O–H groups in total. The van der Waals surface area contributed by atoms with Crippen LogP contribution in [0.4, 0.5) is 11.5 Å². The third-order valence-corrected chi connectivity index (χ3v) is 3.13. The van der Waals surface area contributed by atoms with Crippen LogP contribution in [-0.2, 0) is 0 Å². The molecule has 98 valence electrons. The average Bonchev–Trinajstić information content (AvgIpc) is 2.88. The number of nitrogens with zero attached hydrogens (tertiary/aromatic N) is 3. The number of rotatable bonds is 6. The molecule has 1 aliphatic heterocycles. The third-order valence-electron chi connectivity index (χ3n) is 3.13. The van der Waals surface area contributed by atoms with Gasteiger partial charge in [0.15, 0.2) is 0 Å². The molecule has 0 radical (unpaired) electrons. The molecule has 2 heterocycles. The Hall–Kier alpha value is -1.69. The zero-order valence-corrected chi connectivity index (χ0v) is 10.3. The molecule has 0 unspecified atom stereocenters. The van der Waals surface area contributed by atoms with E-state index in [0.717, 1.165) is 13.0 Å². The fourth-order valence-corrected chi connectivity index (χ4v) is 2.20. The van der Waals surface area contributed by atoms with Crippen LogP contribution >= 0.6 is 0 Å². The maximum absolute atomic E-state index is 10.8. The second-order valence-electron chi connectivity index (χ2n) is 4.46. The van der Waals surface area contributed by atoms with E-state index in [9.17, 15) is 10.1 Å². The van der Waals surface area contributed by atoms with Crippen molar-refractivity contribution in [2.24, 2.45) is 0 Å². The number of nitrogens with one attached hydrogen (secondary N) is 1. The number of aromatic nitrogens is 1. The van der Waals surface area contributed by atoms with Gasteiger partial charge in [0.1, 0.15) is 0 Å². The lowest BCUT2D eigenvalue weighted by Gasteiger charge is -2.14. The fraction of sp³-hybridized carbons (Fsp3) is 0.583. The molecule has 6 nitrogen and oxygen atoms in total. The summed E-state index contributed by atoms with van der Waals surface area (Å²) in [5, 5.41) is 13.8. The summed E-state index contributed by atoms with van der Waals surface area (Å²) >= 11 is 0. The van der Waals surface area contributed by atoms with Gasteiger partial charge in [0.25, 0.3) is 0 Å². The second-order valence-corrected chi connectivity index (χ2v) is 4.46. The minimum Gasteiger partial charge on any atom is -0.364 e. The van der Waals surface area contributed by atoms with E-state index in [4.69, 9.17) is 0 Å². The molecule has 2 rings (SSSR count). The van der Waals surface area contributed by atoms with Crippen molar-refractivity contribution >= 4 is 11.5 Å². The molecular weight excluding hydrogens is 232 g/mol. The molecule has 0 atom stereocenters. The molecule has 6 heteroatoms. The number of hydrogen-bond acceptors (Lipinski definition) is 5. The van der Waals surface area contributed by atoms with Crippen molar-refractivity contribution in [1.29, 1.82) is 0 Å². The fourth-order valence-electron chi connectivity index (χ4n) is 2.20. The Labute approximate surface area is 106 Å². The molecule has 1 aromatic rings. The first-order valence-corrected chi connectivity index (χ1v) is 6.33. The quantitative estimate of drug-likeness (QED) is 0.474. The highest BCUT2D eigenvalue weighted by molar-refractivity contribution is 5.54. The SMILES string of the molecule is O=[N+]([O-])c1cccnc1NCCCN1CCCC1. The first-order valence-electron chi connectivity index (χ1n) is 6.33. The van der Waals surface area contributed by atoms with Gasteiger partial charge in [0.05, 0.1) is 4.92 Å². The predicted octanol–water partition coefficient (Wildman–Crippen LogP) is 1.89. The van der Waals surface area contributed by atoms with Crippen molar-refractivity contribution in [3.05, 3.63) is 28.4 Å². The third kappa shape index (κ3) is 3.40. The van der Waals surface area contributed by atoms with E-state index in [1.54, 1.807) is 12.3 Å². The first-order chi connectivity index (χ1) is 8.77. The molecule has 0 spiro atoms. The molecule has 1 saturated heterocycles. The monoisotopic (exact) mass is 250 g/mol. The van der Waals surface area contributed by atoms with Crippen molar-refractivity contribution in [3.63, 3.8) is 0 Å². The highest BCUT2D eigenvalue weighted by Gasteiger charge is 2.14. The molecule has 0 aromatic carbocycles. The van der Waals surface area contributed by atoms with Gasteiger partial charge in [0, 0.05) is 18.8 Å². The Kier molecular flexibility index (Phi) is 4.46. The zero-order valence-electron chi connectivity index (χ0n) is 10.3. The van der Waals surface area contributed by atoms with Gasteiger partial charge in [0.2, 0.25) is 5.82 Å². The van der Waals surface area contributed by atoms with Crippen LogP contribution in [0.5, 0.6) is 0 Å². The van der Waals surface area contributed by atoms with E-state index in [0.29, 0.717) is 12.4 Å². The number of pyridine rings is 1. The average molecular weight is 250 g/mol. The largest absolute Gasteiger partial charge is 0.364 e. The lowest BCUT2D eigenvalue weighted by molar-refractivity contribution is -0.384. The zero-order chi connectivity index (χ0) is 12.8. The summed E-state index contributed by atoms with van der Waals surface area (Å²) in [6.07, 6.45) is 5.13. The standard InChI is InChI=1S/C12H18N4O2/c17-16(18)11-5-3-6-13-12(11)14-7-4-10-15-8-1-2-9-15/h3,5-6H,1-2,4,7-10H2,(H,13,14). The van der Waals surface area contributed by atoms with Crippen LogP contribution in [0, 0.1) is 10.1 Å². The molecule has 1 aromatic heterocycles. The molecular formula is C12H18N4O2. The molecule has 0 aliphatic carbocycles. The van der Waals surface area contributed by atoms with E-state index in [-0.39, 0.29) is 5.69 Å². The molecule has 0 amide bonds. The van der Waals surface area contributed by atoms with E-state index >= 15 is 0 Å². The van der Waals surface area contributed by atoms with Crippen LogP contribution in [0.25, 0.3) is 0 Å². The van der Waals surface area contributed by atoms with Gasteiger partial charge in [-0.15, -0.1) is 0 Å². The number of likely N-dealkylation sites (tertiary alicyclic amines) is 1. The van der Waals surface area contributed by atoms with Crippen molar-refractivity contribution in [3.8, 4) is 0 Å². The number of hydrogen-bond donors (Lipinski definition) is 1. The normalized spacial score (nSPS) is 15.8. The summed E-state index contributed by atoms with van der Waals surface area (Å²) in [5.74, 6) is 0.365. The van der Waals surface area contributed by atoms with Gasteiger partial charge in [-0.2, -0.15) is 0 Å². The Morgan fingerprint density at radius 1 is 1.44 bits per heavy atom. The van der Waals surface area contributed by atoms with Crippen molar-refractivity contribution in [1.82, 2.24) is 9.88 Å². The van der Waals surface area contributed by atoms with E-state index in [2.05, 4.69) is 15.2 Å². The van der Waals surface area contributed by atoms with E-state index in [1.807, 2.05) is 0 Å². The van der Waals surface area contributed by atoms with E-state index in [1.165, 1.54) is 32.0 Å². The maximum atomic E-state index is 10.8. The highest BCUT2D eigenvalue weighted by atomic mass is 16.6. The van der Waals surface area contributed by atoms with Crippen LogP contribution in [0.15, 0.2) is 18.3 Å². The summed E-state index contributed by atoms with van der Waals surface area (Å²) in [7, 11) is 0. The smallest absolute Gasteiger partial charge is 0.311 e. The van der Waals surface area contributed by atoms with Gasteiger partial charge in [-0.25, -0.2) is 4.98 Å². The van der Waals surface area contributed by atoms with Gasteiger partial charge < -0.3 is 10.2 Å². The summed E-state index contributed by atoms with van der Waals surface area (Å²) in [5.41, 5.74) is 0.0404. The molecule has 1 fully saturated rings. The lowest BCUT2D eigenvalue weighted by atomic mass is 10.3. The van der Waals surface area contributed by atoms with Gasteiger partial charge in [-0.3, -0.25) is 10.1 Å². The minimum absolute atomic E-state index is 0.0404. The Bertz CT molecular complexity index is 405. The van der Waals surface area contributed by atoms with Crippen molar-refractivity contribution in [2.45, 2.75) is 19.3 Å². The lowest BCUT2D eigenvalue weighted by Crippen LogP contribution is -2.22. The Morgan fingerprint density at radius 3 is 2.94 bits per heavy atom. The van der Waals surface area contributed by atoms with Gasteiger partial charge in [-0.1, -0.05) is 0 Å². The summed E-state index contributed by atoms with van der Waals surface area (Å²) in [6, 6.07) is 3.04. The number of nitro groups is 1. The Morgan fingerprint density at radius 2 is 2.22 bits per heavy atom. The summed E-state index contributed by atoms with van der Waals surface area (Å²) in [4.78, 5) is 16.8.